The van der Waals surface area contributed by atoms with Crippen molar-refractivity contribution in [1.29, 1.82) is 0 Å². The van der Waals surface area contributed by atoms with E-state index < -0.39 is 0 Å². The lowest BCUT2D eigenvalue weighted by molar-refractivity contribution is 0.169. The molecule has 0 radical (unpaired) electrons. The summed E-state index contributed by atoms with van der Waals surface area (Å²) in [6.07, 6.45) is 1.24. The number of rotatable bonds is 3. The number of hydrogen-bond donors (Lipinski definition) is 1. The molecule has 2 rings (SSSR count). The van der Waals surface area contributed by atoms with Crippen LogP contribution in [0.5, 0.6) is 0 Å². The van der Waals surface area contributed by atoms with Gasteiger partial charge in [0.25, 0.3) is 0 Å². The predicted molar refractivity (Wildman–Crippen MR) is 79.5 cm³/mol. The summed E-state index contributed by atoms with van der Waals surface area (Å²) in [5, 5.41) is 4.13. The lowest BCUT2D eigenvalue weighted by atomic mass is 9.73. The van der Waals surface area contributed by atoms with E-state index in [9.17, 15) is 0 Å². The quantitative estimate of drug-likeness (QED) is 0.902. The molecule has 1 aromatic carbocycles. The molecule has 0 aromatic heterocycles. The standard InChI is InChI=1S/C15H23ClN2/c1-15(2)8-9-18(11-12(15)10-17-3)14-6-4-13(16)5-7-14/h4-7,12,17H,8-11H2,1-3H3. The van der Waals surface area contributed by atoms with Crippen molar-refractivity contribution in [3.05, 3.63) is 29.3 Å². The third-order valence-corrected chi connectivity index (χ3v) is 4.47. The van der Waals surface area contributed by atoms with Gasteiger partial charge in [-0.2, -0.15) is 0 Å². The molecule has 2 nitrogen and oxygen atoms in total. The van der Waals surface area contributed by atoms with Crippen LogP contribution in [0, 0.1) is 11.3 Å². The topological polar surface area (TPSA) is 15.3 Å². The normalized spacial score (nSPS) is 23.1. The van der Waals surface area contributed by atoms with Gasteiger partial charge in [-0.15, -0.1) is 0 Å². The summed E-state index contributed by atoms with van der Waals surface area (Å²) in [7, 11) is 2.04. The highest BCUT2D eigenvalue weighted by molar-refractivity contribution is 6.30. The minimum Gasteiger partial charge on any atom is -0.371 e. The van der Waals surface area contributed by atoms with Crippen LogP contribution in [-0.2, 0) is 0 Å². The van der Waals surface area contributed by atoms with Crippen LogP contribution in [0.25, 0.3) is 0 Å². The second-order valence-corrected chi connectivity index (χ2v) is 6.35. The highest BCUT2D eigenvalue weighted by Gasteiger charge is 2.34. The summed E-state index contributed by atoms with van der Waals surface area (Å²) in [5.74, 6) is 0.687. The van der Waals surface area contributed by atoms with Gasteiger partial charge in [0.15, 0.2) is 0 Å². The van der Waals surface area contributed by atoms with E-state index in [1.165, 1.54) is 12.1 Å². The van der Waals surface area contributed by atoms with Crippen LogP contribution < -0.4 is 10.2 Å². The van der Waals surface area contributed by atoms with Crippen LogP contribution in [0.15, 0.2) is 24.3 Å². The first kappa shape index (κ1) is 13.7. The Bertz CT molecular complexity index is 386. The zero-order valence-corrected chi connectivity index (χ0v) is 12.3. The van der Waals surface area contributed by atoms with Crippen LogP contribution in [0.4, 0.5) is 5.69 Å². The van der Waals surface area contributed by atoms with Crippen molar-refractivity contribution in [3.8, 4) is 0 Å². The molecule has 18 heavy (non-hydrogen) atoms. The summed E-state index contributed by atoms with van der Waals surface area (Å²) in [6.45, 7) is 8.10. The minimum atomic E-state index is 0.423. The first-order chi connectivity index (χ1) is 8.53. The Balaban J connectivity index is 2.10. The van der Waals surface area contributed by atoms with E-state index in [0.29, 0.717) is 11.3 Å². The maximum atomic E-state index is 5.95. The molecule has 1 unspecified atom stereocenters. The van der Waals surface area contributed by atoms with E-state index in [2.05, 4.69) is 36.2 Å². The van der Waals surface area contributed by atoms with Gasteiger partial charge < -0.3 is 10.2 Å². The van der Waals surface area contributed by atoms with E-state index in [4.69, 9.17) is 11.6 Å². The minimum absolute atomic E-state index is 0.423. The van der Waals surface area contributed by atoms with Gasteiger partial charge in [0.2, 0.25) is 0 Å². The Morgan fingerprint density at radius 2 is 2.00 bits per heavy atom. The van der Waals surface area contributed by atoms with E-state index in [1.807, 2.05) is 19.2 Å². The zero-order valence-electron chi connectivity index (χ0n) is 11.5. The fourth-order valence-electron chi connectivity index (χ4n) is 2.71. The Kier molecular flexibility index (Phi) is 4.18. The maximum Gasteiger partial charge on any atom is 0.0407 e. The van der Waals surface area contributed by atoms with Crippen LogP contribution in [0.3, 0.4) is 0 Å². The van der Waals surface area contributed by atoms with Gasteiger partial charge in [-0.3, -0.25) is 0 Å². The van der Waals surface area contributed by atoms with Gasteiger partial charge in [0, 0.05) is 23.8 Å². The van der Waals surface area contributed by atoms with Gasteiger partial charge in [0.05, 0.1) is 0 Å². The summed E-state index contributed by atoms with van der Waals surface area (Å²) in [5.41, 5.74) is 1.71. The molecule has 0 aliphatic carbocycles. The number of nitrogens with one attached hydrogen (secondary N) is 1. The highest BCUT2D eigenvalue weighted by Crippen LogP contribution is 2.37. The molecule has 0 bridgehead atoms. The molecule has 0 saturated carbocycles. The van der Waals surface area contributed by atoms with Gasteiger partial charge in [-0.1, -0.05) is 25.4 Å². The molecular formula is C15H23ClN2. The van der Waals surface area contributed by atoms with Crippen molar-refractivity contribution >= 4 is 17.3 Å². The molecule has 1 aliphatic rings. The molecule has 1 aromatic rings. The van der Waals surface area contributed by atoms with Crippen molar-refractivity contribution in [2.75, 3.05) is 31.6 Å². The first-order valence-corrected chi connectivity index (χ1v) is 7.06. The monoisotopic (exact) mass is 266 g/mol. The van der Waals surface area contributed by atoms with Crippen molar-refractivity contribution in [3.63, 3.8) is 0 Å². The average Bonchev–Trinajstić information content (AvgIpc) is 2.33. The Morgan fingerprint density at radius 1 is 1.33 bits per heavy atom. The highest BCUT2D eigenvalue weighted by atomic mass is 35.5. The fourth-order valence-corrected chi connectivity index (χ4v) is 2.83. The summed E-state index contributed by atoms with van der Waals surface area (Å²) in [6, 6.07) is 8.20. The van der Waals surface area contributed by atoms with Gasteiger partial charge in [0.1, 0.15) is 0 Å². The van der Waals surface area contributed by atoms with Crippen LogP contribution >= 0.6 is 11.6 Å². The Morgan fingerprint density at radius 3 is 2.61 bits per heavy atom. The number of hydrogen-bond acceptors (Lipinski definition) is 2. The van der Waals surface area contributed by atoms with E-state index in [-0.39, 0.29) is 0 Å². The van der Waals surface area contributed by atoms with Crippen LogP contribution in [-0.4, -0.2) is 26.7 Å². The maximum absolute atomic E-state index is 5.95. The molecule has 1 heterocycles. The molecule has 0 spiro atoms. The fraction of sp³-hybridized carbons (Fsp3) is 0.600. The van der Waals surface area contributed by atoms with Gasteiger partial charge in [-0.25, -0.2) is 0 Å². The second kappa shape index (κ2) is 5.50. The molecule has 1 saturated heterocycles. The third kappa shape index (κ3) is 2.99. The van der Waals surface area contributed by atoms with E-state index in [0.717, 1.165) is 24.7 Å². The smallest absolute Gasteiger partial charge is 0.0407 e. The number of nitrogens with zero attached hydrogens (tertiary/aromatic N) is 1. The van der Waals surface area contributed by atoms with E-state index >= 15 is 0 Å². The lowest BCUT2D eigenvalue weighted by Crippen LogP contribution is -2.48. The average molecular weight is 267 g/mol. The van der Waals surface area contributed by atoms with Crippen molar-refractivity contribution in [1.82, 2.24) is 5.32 Å². The molecule has 1 N–H and O–H groups in total. The van der Waals surface area contributed by atoms with Crippen molar-refractivity contribution in [2.24, 2.45) is 11.3 Å². The lowest BCUT2D eigenvalue weighted by Gasteiger charge is -2.45. The van der Waals surface area contributed by atoms with Crippen molar-refractivity contribution in [2.45, 2.75) is 20.3 Å². The number of halogens is 1. The largest absolute Gasteiger partial charge is 0.371 e. The van der Waals surface area contributed by atoms with Crippen LogP contribution in [0.1, 0.15) is 20.3 Å². The molecule has 0 amide bonds. The summed E-state index contributed by atoms with van der Waals surface area (Å²) in [4.78, 5) is 2.48. The molecule has 1 aliphatic heterocycles. The summed E-state index contributed by atoms with van der Waals surface area (Å²) < 4.78 is 0. The first-order valence-electron chi connectivity index (χ1n) is 6.68. The number of anilines is 1. The Labute approximate surface area is 115 Å². The van der Waals surface area contributed by atoms with Gasteiger partial charge >= 0.3 is 0 Å². The van der Waals surface area contributed by atoms with Gasteiger partial charge in [-0.05, 0) is 55.6 Å². The SMILES string of the molecule is CNCC1CN(c2ccc(Cl)cc2)CCC1(C)C. The number of benzene rings is 1. The van der Waals surface area contributed by atoms with E-state index in [1.54, 1.807) is 0 Å². The molecule has 100 valence electrons. The third-order valence-electron chi connectivity index (χ3n) is 4.21. The zero-order chi connectivity index (χ0) is 13.2. The number of piperidine rings is 1. The Hall–Kier alpha value is -0.730. The molecule has 3 heteroatoms. The predicted octanol–water partition coefficient (Wildman–Crippen LogP) is 3.41. The molecular weight excluding hydrogens is 244 g/mol. The van der Waals surface area contributed by atoms with Crippen LogP contribution in [0.2, 0.25) is 5.02 Å². The second-order valence-electron chi connectivity index (χ2n) is 5.92. The summed E-state index contributed by atoms with van der Waals surface area (Å²) >= 11 is 5.95. The molecule has 1 fully saturated rings. The molecule has 1 atom stereocenters. The van der Waals surface area contributed by atoms with Crippen molar-refractivity contribution < 1.29 is 0 Å².